The average Bonchev–Trinajstić information content (AvgIpc) is 3.03. The van der Waals surface area contributed by atoms with Gasteiger partial charge in [0.05, 0.1) is 5.75 Å². The van der Waals surface area contributed by atoms with Gasteiger partial charge in [-0.3, -0.25) is 14.6 Å². The lowest BCUT2D eigenvalue weighted by Gasteiger charge is -2.34. The van der Waals surface area contributed by atoms with E-state index in [1.807, 2.05) is 33.8 Å². The lowest BCUT2D eigenvalue weighted by molar-refractivity contribution is -0.125. The zero-order valence-corrected chi connectivity index (χ0v) is 20.7. The number of amides is 2. The van der Waals surface area contributed by atoms with Gasteiger partial charge in [0.1, 0.15) is 11.4 Å². The van der Waals surface area contributed by atoms with Gasteiger partial charge in [0.25, 0.3) is 11.8 Å². The third kappa shape index (κ3) is 4.88. The van der Waals surface area contributed by atoms with Gasteiger partial charge in [-0.05, 0) is 49.4 Å². The van der Waals surface area contributed by atoms with Crippen LogP contribution in [0.5, 0.6) is 0 Å². The van der Waals surface area contributed by atoms with E-state index < -0.39 is 15.6 Å². The Bertz CT molecular complexity index is 1050. The highest BCUT2D eigenvalue weighted by Gasteiger charge is 2.48. The summed E-state index contributed by atoms with van der Waals surface area (Å²) in [5.74, 6) is 0.459. The van der Waals surface area contributed by atoms with Crippen LogP contribution in [-0.2, 0) is 21.2 Å². The molecule has 8 nitrogen and oxygen atoms in total. The molecule has 3 rings (SSSR count). The Labute approximate surface area is 191 Å². The number of sulfonamides is 1. The molecule has 9 heteroatoms. The Hall–Kier alpha value is -2.26. The van der Waals surface area contributed by atoms with E-state index in [1.54, 1.807) is 26.2 Å². The molecule has 1 aromatic rings. The van der Waals surface area contributed by atoms with E-state index in [9.17, 15) is 18.0 Å². The number of nitrogens with zero attached hydrogens (tertiary/aromatic N) is 3. The van der Waals surface area contributed by atoms with Crippen molar-refractivity contribution < 1.29 is 18.0 Å². The molecule has 2 aliphatic rings. The first-order chi connectivity index (χ1) is 14.7. The van der Waals surface area contributed by atoms with E-state index in [-0.39, 0.29) is 36.1 Å². The Morgan fingerprint density at radius 3 is 2.34 bits per heavy atom. The molecule has 176 valence electrons. The molecule has 0 aromatic heterocycles. The number of hydrogen-bond donors (Lipinski definition) is 1. The van der Waals surface area contributed by atoms with Gasteiger partial charge in [-0.15, -0.1) is 0 Å². The summed E-state index contributed by atoms with van der Waals surface area (Å²) in [6, 6.07) is 5.38. The molecular formula is C23H34N4O4S. The van der Waals surface area contributed by atoms with Crippen molar-refractivity contribution in [3.8, 4) is 0 Å². The molecule has 2 amide bonds. The highest BCUT2D eigenvalue weighted by Crippen LogP contribution is 2.34. The average molecular weight is 463 g/mol. The SMILES string of the molecule is Cc1cc(C(=O)N(C)C)ccc1CCS(=O)(=O)N1CCC2(CC1)N=C(C(C)(C)C)NC2=O. The van der Waals surface area contributed by atoms with Crippen LogP contribution >= 0.6 is 0 Å². The lowest BCUT2D eigenvalue weighted by Crippen LogP contribution is -2.51. The smallest absolute Gasteiger partial charge is 0.253 e. The molecule has 0 atom stereocenters. The molecule has 1 N–H and O–H groups in total. The van der Waals surface area contributed by atoms with Gasteiger partial charge in [0.15, 0.2) is 0 Å². The number of rotatable bonds is 5. The predicted molar refractivity (Wildman–Crippen MR) is 125 cm³/mol. The maximum atomic E-state index is 13.0. The van der Waals surface area contributed by atoms with Crippen LogP contribution in [-0.4, -0.2) is 73.7 Å². The Morgan fingerprint density at radius 2 is 1.84 bits per heavy atom. The second kappa shape index (κ2) is 8.59. The monoisotopic (exact) mass is 462 g/mol. The van der Waals surface area contributed by atoms with Gasteiger partial charge in [-0.2, -0.15) is 0 Å². The molecule has 1 fully saturated rings. The van der Waals surface area contributed by atoms with Crippen LogP contribution in [0.2, 0.25) is 0 Å². The minimum Gasteiger partial charge on any atom is -0.345 e. The fraction of sp³-hybridized carbons (Fsp3) is 0.609. The maximum absolute atomic E-state index is 13.0. The first kappa shape index (κ1) is 24.4. The number of benzene rings is 1. The normalized spacial score (nSPS) is 19.1. The summed E-state index contributed by atoms with van der Waals surface area (Å²) in [6.45, 7) is 8.45. The minimum absolute atomic E-state index is 0.00941. The Morgan fingerprint density at radius 1 is 1.22 bits per heavy atom. The van der Waals surface area contributed by atoms with E-state index in [2.05, 4.69) is 5.32 Å². The van der Waals surface area contributed by atoms with E-state index in [1.165, 1.54) is 9.21 Å². The molecule has 32 heavy (non-hydrogen) atoms. The number of carbonyl (C=O) groups is 2. The molecule has 2 aliphatic heterocycles. The highest BCUT2D eigenvalue weighted by molar-refractivity contribution is 7.89. The van der Waals surface area contributed by atoms with Crippen LogP contribution in [0.1, 0.15) is 55.1 Å². The van der Waals surface area contributed by atoms with Crippen LogP contribution in [0.15, 0.2) is 23.2 Å². The zero-order chi connectivity index (χ0) is 23.9. The number of aryl methyl sites for hydroxylation is 2. The first-order valence-electron chi connectivity index (χ1n) is 11.0. The largest absolute Gasteiger partial charge is 0.345 e. The Balaban J connectivity index is 1.64. The quantitative estimate of drug-likeness (QED) is 0.723. The van der Waals surface area contributed by atoms with Crippen LogP contribution in [0, 0.1) is 12.3 Å². The summed E-state index contributed by atoms with van der Waals surface area (Å²) in [5, 5.41) is 2.90. The van der Waals surface area contributed by atoms with Gasteiger partial charge >= 0.3 is 0 Å². The predicted octanol–water partition coefficient (Wildman–Crippen LogP) is 1.98. The van der Waals surface area contributed by atoms with Crippen LogP contribution in [0.4, 0.5) is 0 Å². The summed E-state index contributed by atoms with van der Waals surface area (Å²) in [5.41, 5.74) is 1.29. The molecule has 0 unspecified atom stereocenters. The second-order valence-corrected chi connectivity index (χ2v) is 12.1. The molecule has 1 saturated heterocycles. The lowest BCUT2D eigenvalue weighted by atomic mass is 9.89. The molecule has 2 heterocycles. The van der Waals surface area contributed by atoms with Gasteiger partial charge in [0, 0.05) is 38.2 Å². The van der Waals surface area contributed by atoms with Gasteiger partial charge in [-0.1, -0.05) is 26.8 Å². The van der Waals surface area contributed by atoms with Crippen molar-refractivity contribution in [1.29, 1.82) is 0 Å². The molecule has 1 spiro atoms. The number of hydrogen-bond acceptors (Lipinski definition) is 5. The van der Waals surface area contributed by atoms with Crippen molar-refractivity contribution in [2.45, 2.75) is 52.5 Å². The second-order valence-electron chi connectivity index (χ2n) is 10.0. The number of nitrogens with one attached hydrogen (secondary N) is 1. The van der Waals surface area contributed by atoms with E-state index in [4.69, 9.17) is 4.99 Å². The van der Waals surface area contributed by atoms with Gasteiger partial charge < -0.3 is 10.2 Å². The van der Waals surface area contributed by atoms with Crippen molar-refractivity contribution in [2.75, 3.05) is 32.9 Å². The summed E-state index contributed by atoms with van der Waals surface area (Å²) in [4.78, 5) is 30.9. The van der Waals surface area contributed by atoms with Crippen molar-refractivity contribution in [2.24, 2.45) is 10.4 Å². The van der Waals surface area contributed by atoms with Crippen LogP contribution < -0.4 is 5.32 Å². The molecule has 0 aliphatic carbocycles. The van der Waals surface area contributed by atoms with E-state index >= 15 is 0 Å². The zero-order valence-electron chi connectivity index (χ0n) is 19.9. The molecule has 0 saturated carbocycles. The Kier molecular flexibility index (Phi) is 6.55. The van der Waals surface area contributed by atoms with Crippen molar-refractivity contribution in [3.63, 3.8) is 0 Å². The number of amidine groups is 1. The maximum Gasteiger partial charge on any atom is 0.253 e. The molecule has 1 aromatic carbocycles. The highest BCUT2D eigenvalue weighted by atomic mass is 32.2. The minimum atomic E-state index is -3.47. The van der Waals surface area contributed by atoms with Crippen LogP contribution in [0.3, 0.4) is 0 Å². The summed E-state index contributed by atoms with van der Waals surface area (Å²) in [6.07, 6.45) is 1.15. The van der Waals surface area contributed by atoms with Gasteiger partial charge in [0.2, 0.25) is 10.0 Å². The summed E-state index contributed by atoms with van der Waals surface area (Å²) >= 11 is 0. The van der Waals surface area contributed by atoms with Crippen molar-refractivity contribution in [3.05, 3.63) is 34.9 Å². The molecular weight excluding hydrogens is 428 g/mol. The molecule has 0 radical (unpaired) electrons. The van der Waals surface area contributed by atoms with Crippen molar-refractivity contribution >= 4 is 27.7 Å². The fourth-order valence-corrected chi connectivity index (χ4v) is 5.56. The van der Waals surface area contributed by atoms with E-state index in [0.717, 1.165) is 11.1 Å². The van der Waals surface area contributed by atoms with Crippen molar-refractivity contribution in [1.82, 2.24) is 14.5 Å². The van der Waals surface area contributed by atoms with E-state index in [0.29, 0.717) is 30.7 Å². The summed E-state index contributed by atoms with van der Waals surface area (Å²) in [7, 11) is -0.0663. The van der Waals surface area contributed by atoms with Gasteiger partial charge in [-0.25, -0.2) is 12.7 Å². The third-order valence-electron chi connectivity index (χ3n) is 6.26. The standard InChI is InChI=1S/C23H34N4O4S/c1-16-15-18(19(28)26(5)6)8-7-17(16)9-14-32(30,31)27-12-10-23(11-13-27)21(29)24-20(25-23)22(2,3)4/h7-8,15H,9-14H2,1-6H3,(H,24,25,29). The molecule has 0 bridgehead atoms. The van der Waals surface area contributed by atoms with Crippen LogP contribution in [0.25, 0.3) is 0 Å². The number of aliphatic imine (C=N–C) groups is 1. The number of carbonyl (C=O) groups excluding carboxylic acids is 2. The fourth-order valence-electron chi connectivity index (χ4n) is 4.08. The first-order valence-corrected chi connectivity index (χ1v) is 12.6. The summed E-state index contributed by atoms with van der Waals surface area (Å²) < 4.78 is 27.4. The third-order valence-corrected chi connectivity index (χ3v) is 8.13. The topological polar surface area (TPSA) is 99.2 Å². The number of piperidine rings is 1.